The summed E-state index contributed by atoms with van der Waals surface area (Å²) in [6.45, 7) is 6.26. The van der Waals surface area contributed by atoms with Crippen molar-refractivity contribution in [2.24, 2.45) is 0 Å². The highest BCUT2D eigenvalue weighted by Crippen LogP contribution is 2.09. The van der Waals surface area contributed by atoms with Gasteiger partial charge in [0, 0.05) is 38.6 Å². The van der Waals surface area contributed by atoms with Crippen LogP contribution in [0.4, 0.5) is 0 Å². The van der Waals surface area contributed by atoms with Crippen molar-refractivity contribution in [3.8, 4) is 0 Å². The van der Waals surface area contributed by atoms with Crippen LogP contribution >= 0.6 is 0 Å². The van der Waals surface area contributed by atoms with Gasteiger partial charge in [0.1, 0.15) is 0 Å². The van der Waals surface area contributed by atoms with E-state index in [9.17, 15) is 4.79 Å². The average Bonchev–Trinajstić information content (AvgIpc) is 2.40. The first kappa shape index (κ1) is 13.0. The fourth-order valence-corrected chi connectivity index (χ4v) is 2.07. The van der Waals surface area contributed by atoms with Gasteiger partial charge in [0.25, 0.3) is 0 Å². The molecule has 0 aliphatic carbocycles. The van der Waals surface area contributed by atoms with Crippen LogP contribution in [0, 0.1) is 0 Å². The molecule has 0 bridgehead atoms. The van der Waals surface area contributed by atoms with E-state index >= 15 is 0 Å². The molecule has 1 aliphatic heterocycles. The molecule has 2 rings (SSSR count). The van der Waals surface area contributed by atoms with Crippen LogP contribution in [-0.2, 0) is 4.79 Å². The molecule has 2 N–H and O–H groups in total. The van der Waals surface area contributed by atoms with Crippen molar-refractivity contribution in [2.45, 2.75) is 13.0 Å². The number of carbonyl (C=O) groups is 1. The quantitative estimate of drug-likeness (QED) is 0.797. The Labute approximate surface area is 108 Å². The van der Waals surface area contributed by atoms with Gasteiger partial charge in [0.05, 0.1) is 12.6 Å². The molecule has 1 amide bonds. The Morgan fingerprint density at radius 1 is 1.56 bits per heavy atom. The molecule has 18 heavy (non-hydrogen) atoms. The maximum Gasteiger partial charge on any atom is 0.234 e. The third-order valence-corrected chi connectivity index (χ3v) is 3.14. The number of hydrogen-bond donors (Lipinski definition) is 2. The Hall–Kier alpha value is -1.46. The molecule has 5 nitrogen and oxygen atoms in total. The van der Waals surface area contributed by atoms with E-state index in [2.05, 4.69) is 20.5 Å². The normalized spacial score (nSPS) is 18.3. The first-order chi connectivity index (χ1) is 8.75. The van der Waals surface area contributed by atoms with E-state index in [-0.39, 0.29) is 11.9 Å². The van der Waals surface area contributed by atoms with E-state index in [1.165, 1.54) is 0 Å². The van der Waals surface area contributed by atoms with E-state index in [1.54, 1.807) is 12.4 Å². The number of nitrogens with one attached hydrogen (secondary N) is 2. The summed E-state index contributed by atoms with van der Waals surface area (Å²) in [5.74, 6) is 0.0771. The molecule has 2 heterocycles. The van der Waals surface area contributed by atoms with Gasteiger partial charge in [0.2, 0.25) is 5.91 Å². The van der Waals surface area contributed by atoms with Crippen LogP contribution in [0.5, 0.6) is 0 Å². The first-order valence-corrected chi connectivity index (χ1v) is 6.38. The molecular weight excluding hydrogens is 228 g/mol. The van der Waals surface area contributed by atoms with Crippen LogP contribution < -0.4 is 10.6 Å². The molecule has 1 aromatic rings. The summed E-state index contributed by atoms with van der Waals surface area (Å²) < 4.78 is 0. The second-order valence-electron chi connectivity index (χ2n) is 4.60. The lowest BCUT2D eigenvalue weighted by molar-refractivity contribution is -0.123. The Kier molecular flexibility index (Phi) is 4.66. The molecule has 5 heteroatoms. The number of piperazine rings is 1. The summed E-state index contributed by atoms with van der Waals surface area (Å²) in [6, 6.07) is 3.87. The molecule has 0 saturated carbocycles. The number of nitrogens with zero attached hydrogens (tertiary/aromatic N) is 2. The zero-order valence-corrected chi connectivity index (χ0v) is 10.7. The minimum Gasteiger partial charge on any atom is -0.348 e. The summed E-state index contributed by atoms with van der Waals surface area (Å²) in [6.07, 6.45) is 3.52. The number of pyridine rings is 1. The van der Waals surface area contributed by atoms with E-state index in [0.29, 0.717) is 6.54 Å². The fraction of sp³-hybridized carbons (Fsp3) is 0.538. The van der Waals surface area contributed by atoms with Gasteiger partial charge in [-0.25, -0.2) is 0 Å². The lowest BCUT2D eigenvalue weighted by Crippen LogP contribution is -2.47. The second-order valence-corrected chi connectivity index (χ2v) is 4.60. The largest absolute Gasteiger partial charge is 0.348 e. The average molecular weight is 248 g/mol. The van der Waals surface area contributed by atoms with Crippen LogP contribution in [0.2, 0.25) is 0 Å². The van der Waals surface area contributed by atoms with Gasteiger partial charge in [-0.3, -0.25) is 14.7 Å². The third kappa shape index (κ3) is 3.78. The maximum atomic E-state index is 11.9. The van der Waals surface area contributed by atoms with Gasteiger partial charge in [-0.05, 0) is 18.6 Å². The molecule has 0 aromatic carbocycles. The fourth-order valence-electron chi connectivity index (χ4n) is 2.07. The smallest absolute Gasteiger partial charge is 0.234 e. The molecule has 0 radical (unpaired) electrons. The van der Waals surface area contributed by atoms with Crippen LogP contribution in [0.15, 0.2) is 24.5 Å². The van der Waals surface area contributed by atoms with Crippen molar-refractivity contribution in [1.29, 1.82) is 0 Å². The van der Waals surface area contributed by atoms with E-state index in [4.69, 9.17) is 0 Å². The summed E-state index contributed by atoms with van der Waals surface area (Å²) in [4.78, 5) is 18.1. The molecule has 98 valence electrons. The lowest BCUT2D eigenvalue weighted by Gasteiger charge is -2.27. The summed E-state index contributed by atoms with van der Waals surface area (Å²) >= 11 is 0. The first-order valence-electron chi connectivity index (χ1n) is 6.38. The molecule has 1 saturated heterocycles. The van der Waals surface area contributed by atoms with Crippen molar-refractivity contribution < 1.29 is 4.79 Å². The molecule has 0 spiro atoms. The van der Waals surface area contributed by atoms with Gasteiger partial charge in [-0.15, -0.1) is 0 Å². The summed E-state index contributed by atoms with van der Waals surface area (Å²) in [5.41, 5.74) is 1.03. The summed E-state index contributed by atoms with van der Waals surface area (Å²) in [5, 5.41) is 6.28. The molecule has 1 fully saturated rings. The topological polar surface area (TPSA) is 57.3 Å². The number of rotatable bonds is 4. The minimum absolute atomic E-state index is 0.00844. The highest BCUT2D eigenvalue weighted by Gasteiger charge is 2.15. The van der Waals surface area contributed by atoms with Gasteiger partial charge in [0.15, 0.2) is 0 Å². The van der Waals surface area contributed by atoms with E-state index in [0.717, 1.165) is 31.7 Å². The van der Waals surface area contributed by atoms with E-state index < -0.39 is 0 Å². The lowest BCUT2D eigenvalue weighted by atomic mass is 10.1. The third-order valence-electron chi connectivity index (χ3n) is 3.14. The number of aromatic nitrogens is 1. The zero-order chi connectivity index (χ0) is 12.8. The molecule has 1 atom stereocenters. The Morgan fingerprint density at radius 3 is 3.00 bits per heavy atom. The van der Waals surface area contributed by atoms with Crippen molar-refractivity contribution in [3.05, 3.63) is 30.1 Å². The van der Waals surface area contributed by atoms with Gasteiger partial charge >= 0.3 is 0 Å². The van der Waals surface area contributed by atoms with Gasteiger partial charge in [-0.2, -0.15) is 0 Å². The molecule has 1 aliphatic rings. The number of carbonyl (C=O) groups excluding carboxylic acids is 1. The number of amides is 1. The Balaban J connectivity index is 1.80. The van der Waals surface area contributed by atoms with Gasteiger partial charge in [-0.1, -0.05) is 6.07 Å². The van der Waals surface area contributed by atoms with Crippen molar-refractivity contribution in [3.63, 3.8) is 0 Å². The Bertz CT molecular complexity index is 376. The predicted molar refractivity (Wildman–Crippen MR) is 70.1 cm³/mol. The van der Waals surface area contributed by atoms with Crippen molar-refractivity contribution >= 4 is 5.91 Å². The highest BCUT2D eigenvalue weighted by molar-refractivity contribution is 5.78. The monoisotopic (exact) mass is 248 g/mol. The second kappa shape index (κ2) is 6.47. The molecular formula is C13H20N4O. The molecule has 0 unspecified atom stereocenters. The maximum absolute atomic E-state index is 11.9. The predicted octanol–water partition coefficient (Wildman–Crippen LogP) is 0.164. The van der Waals surface area contributed by atoms with Crippen LogP contribution in [0.25, 0.3) is 0 Å². The van der Waals surface area contributed by atoms with Gasteiger partial charge < -0.3 is 10.6 Å². The Morgan fingerprint density at radius 2 is 2.33 bits per heavy atom. The SMILES string of the molecule is C[C@@H](NC(=O)CN1CCNCC1)c1cccnc1. The van der Waals surface area contributed by atoms with E-state index in [1.807, 2.05) is 19.1 Å². The standard InChI is InChI=1S/C13H20N4O/c1-11(12-3-2-4-15-9-12)16-13(18)10-17-7-5-14-6-8-17/h2-4,9,11,14H,5-8,10H2,1H3,(H,16,18)/t11-/m1/s1. The summed E-state index contributed by atoms with van der Waals surface area (Å²) in [7, 11) is 0. The van der Waals surface area contributed by atoms with Crippen LogP contribution in [0.3, 0.4) is 0 Å². The highest BCUT2D eigenvalue weighted by atomic mass is 16.2. The number of hydrogen-bond acceptors (Lipinski definition) is 4. The van der Waals surface area contributed by atoms with Crippen molar-refractivity contribution in [2.75, 3.05) is 32.7 Å². The zero-order valence-electron chi connectivity index (χ0n) is 10.7. The van der Waals surface area contributed by atoms with Crippen LogP contribution in [-0.4, -0.2) is 48.5 Å². The molecule has 1 aromatic heterocycles. The van der Waals surface area contributed by atoms with Crippen molar-refractivity contribution in [1.82, 2.24) is 20.5 Å². The minimum atomic E-state index is 0.00844. The van der Waals surface area contributed by atoms with Crippen LogP contribution in [0.1, 0.15) is 18.5 Å².